The van der Waals surface area contributed by atoms with Crippen LogP contribution in [0, 0.1) is 17.3 Å². The highest BCUT2D eigenvalue weighted by Crippen LogP contribution is 2.48. The van der Waals surface area contributed by atoms with E-state index in [1.165, 1.54) is 11.8 Å². The van der Waals surface area contributed by atoms with Gasteiger partial charge in [-0.3, -0.25) is 9.59 Å². The van der Waals surface area contributed by atoms with Gasteiger partial charge in [-0.05, 0) is 38.0 Å². The second-order valence-electron chi connectivity index (χ2n) is 7.84. The van der Waals surface area contributed by atoms with Crippen molar-refractivity contribution in [1.82, 2.24) is 0 Å². The molecular weight excluding hydrogens is 304 g/mol. The maximum absolute atomic E-state index is 13.0. The van der Waals surface area contributed by atoms with Gasteiger partial charge in [0.1, 0.15) is 5.78 Å². The average Bonchev–Trinajstić information content (AvgIpc) is 2.42. The Kier molecular flexibility index (Phi) is 7.31. The molecule has 0 unspecified atom stereocenters. The topological polar surface area (TPSA) is 34.1 Å². The molecule has 0 aromatic carbocycles. The Labute approximate surface area is 146 Å². The number of hydrogen-bond donors (Lipinski definition) is 0. The van der Waals surface area contributed by atoms with Crippen LogP contribution in [0.3, 0.4) is 0 Å². The Hall–Kier alpha value is -0.830. The molecule has 0 bridgehead atoms. The molecule has 3 atom stereocenters. The van der Waals surface area contributed by atoms with Crippen molar-refractivity contribution in [3.8, 4) is 0 Å². The molecule has 1 saturated carbocycles. The van der Waals surface area contributed by atoms with E-state index in [0.29, 0.717) is 18.6 Å². The van der Waals surface area contributed by atoms with Crippen LogP contribution in [0.5, 0.6) is 0 Å². The first-order chi connectivity index (χ1) is 10.7. The zero-order valence-electron chi connectivity index (χ0n) is 15.2. The molecule has 1 fully saturated rings. The van der Waals surface area contributed by atoms with Gasteiger partial charge in [0.2, 0.25) is 0 Å². The van der Waals surface area contributed by atoms with E-state index < -0.39 is 5.41 Å². The van der Waals surface area contributed by atoms with Gasteiger partial charge in [0.15, 0.2) is 5.12 Å². The summed E-state index contributed by atoms with van der Waals surface area (Å²) in [5.41, 5.74) is -0.445. The van der Waals surface area contributed by atoms with Crippen LogP contribution in [0.4, 0.5) is 0 Å². The van der Waals surface area contributed by atoms with Gasteiger partial charge in [-0.25, -0.2) is 0 Å². The van der Waals surface area contributed by atoms with Crippen LogP contribution in [-0.2, 0) is 9.59 Å². The molecule has 23 heavy (non-hydrogen) atoms. The Balaban J connectivity index is 3.11. The molecule has 0 heterocycles. The maximum Gasteiger partial charge on any atom is 0.192 e. The van der Waals surface area contributed by atoms with Crippen LogP contribution < -0.4 is 0 Å². The minimum Gasteiger partial charge on any atom is -0.299 e. The first-order valence-electron chi connectivity index (χ1n) is 8.63. The van der Waals surface area contributed by atoms with E-state index in [9.17, 15) is 9.59 Å². The van der Waals surface area contributed by atoms with Crippen molar-refractivity contribution in [2.75, 3.05) is 0 Å². The molecule has 1 rings (SSSR count). The normalized spacial score (nSPS) is 26.6. The molecule has 3 heteroatoms. The lowest BCUT2D eigenvalue weighted by molar-refractivity contribution is -0.137. The van der Waals surface area contributed by atoms with E-state index in [4.69, 9.17) is 0 Å². The van der Waals surface area contributed by atoms with Crippen LogP contribution in [0.1, 0.15) is 66.2 Å². The van der Waals surface area contributed by atoms with Crippen molar-refractivity contribution in [2.24, 2.45) is 17.3 Å². The number of rotatable bonds is 7. The van der Waals surface area contributed by atoms with Crippen LogP contribution in [0.2, 0.25) is 0 Å². The number of carbonyl (C=O) groups is 2. The van der Waals surface area contributed by atoms with Crippen LogP contribution in [0.25, 0.3) is 0 Å². The van der Waals surface area contributed by atoms with Gasteiger partial charge in [0.05, 0.1) is 0 Å². The van der Waals surface area contributed by atoms with E-state index in [0.717, 1.165) is 25.7 Å². The van der Waals surface area contributed by atoms with E-state index >= 15 is 0 Å². The third-order valence-corrected chi connectivity index (χ3v) is 5.94. The third-order valence-electron chi connectivity index (χ3n) is 4.82. The molecule has 130 valence electrons. The first-order valence-corrected chi connectivity index (χ1v) is 9.45. The van der Waals surface area contributed by atoms with Crippen molar-refractivity contribution in [3.05, 3.63) is 25.3 Å². The maximum atomic E-state index is 13.0. The van der Waals surface area contributed by atoms with Crippen LogP contribution in [-0.4, -0.2) is 15.6 Å². The number of allylic oxidation sites excluding steroid dienone is 2. The monoisotopic (exact) mass is 336 g/mol. The lowest BCUT2D eigenvalue weighted by Crippen LogP contribution is -2.44. The van der Waals surface area contributed by atoms with Crippen molar-refractivity contribution in [3.63, 3.8) is 0 Å². The highest BCUT2D eigenvalue weighted by molar-refractivity contribution is 8.14. The van der Waals surface area contributed by atoms with Crippen LogP contribution >= 0.6 is 11.8 Å². The van der Waals surface area contributed by atoms with Gasteiger partial charge in [-0.1, -0.05) is 51.6 Å². The number of thioether (sulfide) groups is 1. The minimum atomic E-state index is -0.445. The van der Waals surface area contributed by atoms with Gasteiger partial charge in [0.25, 0.3) is 0 Å². The fourth-order valence-corrected chi connectivity index (χ4v) is 4.70. The Morgan fingerprint density at radius 3 is 2.57 bits per heavy atom. The number of Topliss-reactive ketones (excluding diaryl/α,β-unsaturated/α-hetero) is 1. The van der Waals surface area contributed by atoms with Gasteiger partial charge in [-0.15, -0.1) is 13.2 Å². The molecular formula is C20H32O2S. The summed E-state index contributed by atoms with van der Waals surface area (Å²) in [6.45, 7) is 15.9. The lowest BCUT2D eigenvalue weighted by atomic mass is 9.60. The van der Waals surface area contributed by atoms with Gasteiger partial charge in [-0.2, -0.15) is 0 Å². The zero-order chi connectivity index (χ0) is 17.7. The second kappa shape index (κ2) is 8.32. The molecule has 0 aliphatic heterocycles. The van der Waals surface area contributed by atoms with Crippen molar-refractivity contribution >= 4 is 22.7 Å². The molecule has 1 aliphatic rings. The van der Waals surface area contributed by atoms with Gasteiger partial charge in [0, 0.05) is 22.5 Å². The summed E-state index contributed by atoms with van der Waals surface area (Å²) in [5, 5.41) is 0.231. The second-order valence-corrected chi connectivity index (χ2v) is 9.67. The summed E-state index contributed by atoms with van der Waals surface area (Å²) in [6.07, 6.45) is 8.46. The lowest BCUT2D eigenvalue weighted by Gasteiger charge is -2.43. The molecule has 0 aromatic heterocycles. The van der Waals surface area contributed by atoms with E-state index in [1.54, 1.807) is 0 Å². The number of ketones is 1. The zero-order valence-corrected chi connectivity index (χ0v) is 16.0. The largest absolute Gasteiger partial charge is 0.299 e. The van der Waals surface area contributed by atoms with Gasteiger partial charge >= 0.3 is 0 Å². The van der Waals surface area contributed by atoms with Crippen molar-refractivity contribution < 1.29 is 9.59 Å². The van der Waals surface area contributed by atoms with Crippen molar-refractivity contribution in [1.29, 1.82) is 0 Å². The van der Waals surface area contributed by atoms with E-state index in [-0.39, 0.29) is 21.7 Å². The molecule has 0 aromatic rings. The SMILES string of the molecule is C=CCC[C@@H](C(=O)SC(C)(C)C)[C@H]1CCCC(=O)[C@]1(C)CC=C. The summed E-state index contributed by atoms with van der Waals surface area (Å²) >= 11 is 1.42. The summed E-state index contributed by atoms with van der Waals surface area (Å²) in [5.74, 6) is 0.335. The number of hydrogen-bond acceptors (Lipinski definition) is 3. The Morgan fingerprint density at radius 2 is 2.04 bits per heavy atom. The standard InChI is InChI=1S/C20H32O2S/c1-7-9-11-15(18(22)23-19(3,4)5)16-12-10-13-17(21)20(16,6)14-8-2/h7-8,15-16H,1-2,9-14H2,3-6H3/t15-,16-,20-/m1/s1. The first kappa shape index (κ1) is 20.2. The van der Waals surface area contributed by atoms with Gasteiger partial charge < -0.3 is 0 Å². The minimum absolute atomic E-state index is 0.0774. The summed E-state index contributed by atoms with van der Waals surface area (Å²) in [7, 11) is 0. The average molecular weight is 337 g/mol. The third kappa shape index (κ3) is 5.34. The molecule has 0 N–H and O–H groups in total. The molecule has 1 aliphatic carbocycles. The predicted molar refractivity (Wildman–Crippen MR) is 101 cm³/mol. The fourth-order valence-electron chi connectivity index (χ4n) is 3.66. The highest BCUT2D eigenvalue weighted by atomic mass is 32.2. The summed E-state index contributed by atoms with van der Waals surface area (Å²) in [6, 6.07) is 0. The summed E-state index contributed by atoms with van der Waals surface area (Å²) < 4.78 is -0.100. The number of carbonyl (C=O) groups excluding carboxylic acids is 2. The predicted octanol–water partition coefficient (Wildman–Crippen LogP) is 5.58. The van der Waals surface area contributed by atoms with E-state index in [2.05, 4.69) is 33.9 Å². The van der Waals surface area contributed by atoms with E-state index in [1.807, 2.05) is 19.1 Å². The van der Waals surface area contributed by atoms with Crippen LogP contribution in [0.15, 0.2) is 25.3 Å². The van der Waals surface area contributed by atoms with Crippen molar-refractivity contribution in [2.45, 2.75) is 71.0 Å². The molecule has 0 radical (unpaired) electrons. The molecule has 0 amide bonds. The quantitative estimate of drug-likeness (QED) is 0.569. The molecule has 0 spiro atoms. The molecule has 0 saturated heterocycles. The highest BCUT2D eigenvalue weighted by Gasteiger charge is 2.47. The fraction of sp³-hybridized carbons (Fsp3) is 0.700. The Morgan fingerprint density at radius 1 is 1.39 bits per heavy atom. The Bertz CT molecular complexity index is 461. The smallest absolute Gasteiger partial charge is 0.192 e. The molecule has 2 nitrogen and oxygen atoms in total. The summed E-state index contributed by atoms with van der Waals surface area (Å²) in [4.78, 5) is 25.6.